The predicted molar refractivity (Wildman–Crippen MR) is 71.4 cm³/mol. The van der Waals surface area contributed by atoms with E-state index in [0.29, 0.717) is 11.6 Å². The van der Waals surface area contributed by atoms with Gasteiger partial charge in [-0.15, -0.1) is 11.6 Å². The summed E-state index contributed by atoms with van der Waals surface area (Å²) in [7, 11) is 0. The SMILES string of the molecule is Cc1ccc(OCc2cccc(F)c2F)c(CCl)c1. The highest BCUT2D eigenvalue weighted by molar-refractivity contribution is 6.17. The number of rotatable bonds is 4. The van der Waals surface area contributed by atoms with Gasteiger partial charge in [-0.05, 0) is 19.1 Å². The first-order valence-electron chi connectivity index (χ1n) is 5.83. The van der Waals surface area contributed by atoms with Crippen molar-refractivity contribution in [3.05, 3.63) is 64.7 Å². The molecule has 2 aromatic rings. The number of hydrogen-bond acceptors (Lipinski definition) is 1. The molecule has 0 spiro atoms. The Hall–Kier alpha value is -1.61. The Morgan fingerprint density at radius 3 is 2.63 bits per heavy atom. The van der Waals surface area contributed by atoms with Gasteiger partial charge in [0.1, 0.15) is 12.4 Å². The van der Waals surface area contributed by atoms with Gasteiger partial charge >= 0.3 is 0 Å². The second-order valence-electron chi connectivity index (χ2n) is 4.25. The van der Waals surface area contributed by atoms with Crippen LogP contribution in [0.1, 0.15) is 16.7 Å². The fraction of sp³-hybridized carbons (Fsp3) is 0.200. The van der Waals surface area contributed by atoms with Crippen molar-refractivity contribution in [1.29, 1.82) is 0 Å². The average molecular weight is 283 g/mol. The highest BCUT2D eigenvalue weighted by atomic mass is 35.5. The quantitative estimate of drug-likeness (QED) is 0.745. The molecule has 0 heterocycles. The minimum absolute atomic E-state index is 0.0312. The molecule has 1 nitrogen and oxygen atoms in total. The van der Waals surface area contributed by atoms with E-state index < -0.39 is 11.6 Å². The third-order valence-corrected chi connectivity index (χ3v) is 3.06. The molecule has 0 aliphatic rings. The maximum absolute atomic E-state index is 13.5. The van der Waals surface area contributed by atoms with E-state index in [2.05, 4.69) is 0 Å². The Morgan fingerprint density at radius 2 is 1.89 bits per heavy atom. The van der Waals surface area contributed by atoms with E-state index in [9.17, 15) is 8.78 Å². The second-order valence-corrected chi connectivity index (χ2v) is 4.51. The normalized spacial score (nSPS) is 10.5. The van der Waals surface area contributed by atoms with Gasteiger partial charge in [0.25, 0.3) is 0 Å². The lowest BCUT2D eigenvalue weighted by Gasteiger charge is -2.11. The Labute approximate surface area is 115 Å². The third kappa shape index (κ3) is 3.24. The van der Waals surface area contributed by atoms with Crippen LogP contribution in [0, 0.1) is 18.6 Å². The van der Waals surface area contributed by atoms with Crippen LogP contribution in [-0.4, -0.2) is 0 Å². The van der Waals surface area contributed by atoms with Crippen LogP contribution in [0.5, 0.6) is 5.75 Å². The molecule has 0 radical (unpaired) electrons. The van der Waals surface area contributed by atoms with Gasteiger partial charge < -0.3 is 4.74 Å². The molecule has 0 atom stereocenters. The molecule has 100 valence electrons. The summed E-state index contributed by atoms with van der Waals surface area (Å²) in [5.41, 5.74) is 2.08. The first-order chi connectivity index (χ1) is 9.11. The maximum Gasteiger partial charge on any atom is 0.165 e. The van der Waals surface area contributed by atoms with Crippen LogP contribution in [0.3, 0.4) is 0 Å². The minimum atomic E-state index is -0.873. The fourth-order valence-electron chi connectivity index (χ4n) is 1.77. The summed E-state index contributed by atoms with van der Waals surface area (Å²) in [5, 5.41) is 0. The first-order valence-corrected chi connectivity index (χ1v) is 6.36. The number of aryl methyl sites for hydroxylation is 1. The zero-order valence-corrected chi connectivity index (χ0v) is 11.2. The van der Waals surface area contributed by atoms with Crippen LogP contribution < -0.4 is 4.74 Å². The summed E-state index contributed by atoms with van der Waals surface area (Å²) in [5.74, 6) is -0.850. The van der Waals surface area contributed by atoms with E-state index in [1.165, 1.54) is 12.1 Å². The lowest BCUT2D eigenvalue weighted by molar-refractivity contribution is 0.295. The van der Waals surface area contributed by atoms with Crippen molar-refractivity contribution in [2.24, 2.45) is 0 Å². The number of hydrogen-bond donors (Lipinski definition) is 0. The highest BCUT2D eigenvalue weighted by Crippen LogP contribution is 2.23. The molecular formula is C15H13ClF2O. The van der Waals surface area contributed by atoms with Crippen LogP contribution in [0.25, 0.3) is 0 Å². The van der Waals surface area contributed by atoms with Crippen molar-refractivity contribution in [3.63, 3.8) is 0 Å². The summed E-state index contributed by atoms with van der Waals surface area (Å²) in [6.07, 6.45) is 0. The van der Waals surface area contributed by atoms with Gasteiger partial charge in [-0.2, -0.15) is 0 Å². The van der Waals surface area contributed by atoms with Gasteiger partial charge in [0.2, 0.25) is 0 Å². The van der Waals surface area contributed by atoms with Crippen molar-refractivity contribution < 1.29 is 13.5 Å². The van der Waals surface area contributed by atoms with E-state index in [0.717, 1.165) is 17.2 Å². The molecule has 0 N–H and O–H groups in total. The van der Waals surface area contributed by atoms with Gasteiger partial charge in [-0.3, -0.25) is 0 Å². The fourth-order valence-corrected chi connectivity index (χ4v) is 1.98. The summed E-state index contributed by atoms with van der Waals surface area (Å²) in [6, 6.07) is 9.60. The van der Waals surface area contributed by atoms with Crippen LogP contribution in [0.15, 0.2) is 36.4 Å². The van der Waals surface area contributed by atoms with E-state index in [1.807, 2.05) is 19.1 Å². The van der Waals surface area contributed by atoms with Crippen molar-refractivity contribution in [3.8, 4) is 5.75 Å². The summed E-state index contributed by atoms with van der Waals surface area (Å²) >= 11 is 5.83. The van der Waals surface area contributed by atoms with E-state index >= 15 is 0 Å². The van der Waals surface area contributed by atoms with Crippen molar-refractivity contribution in [2.75, 3.05) is 0 Å². The van der Waals surface area contributed by atoms with Gasteiger partial charge in [-0.1, -0.05) is 29.8 Å². The number of ether oxygens (including phenoxy) is 1. The molecule has 19 heavy (non-hydrogen) atoms. The minimum Gasteiger partial charge on any atom is -0.488 e. The largest absolute Gasteiger partial charge is 0.488 e. The Balaban J connectivity index is 2.17. The monoisotopic (exact) mass is 282 g/mol. The highest BCUT2D eigenvalue weighted by Gasteiger charge is 2.09. The van der Waals surface area contributed by atoms with Crippen LogP contribution >= 0.6 is 11.6 Å². The summed E-state index contributed by atoms with van der Waals surface area (Å²) in [6.45, 7) is 1.92. The smallest absolute Gasteiger partial charge is 0.165 e. The van der Waals surface area contributed by atoms with Crippen LogP contribution in [0.4, 0.5) is 8.78 Å². The van der Waals surface area contributed by atoms with Crippen LogP contribution in [0.2, 0.25) is 0 Å². The molecule has 0 saturated heterocycles. The molecule has 2 aromatic carbocycles. The van der Waals surface area contributed by atoms with Gasteiger partial charge in [-0.25, -0.2) is 8.78 Å². The lowest BCUT2D eigenvalue weighted by Crippen LogP contribution is -2.02. The molecule has 0 unspecified atom stereocenters. The lowest BCUT2D eigenvalue weighted by atomic mass is 10.1. The zero-order chi connectivity index (χ0) is 13.8. The first kappa shape index (κ1) is 13.8. The molecule has 2 rings (SSSR count). The predicted octanol–water partition coefficient (Wildman–Crippen LogP) is 4.59. The van der Waals surface area contributed by atoms with Gasteiger partial charge in [0, 0.05) is 11.1 Å². The summed E-state index contributed by atoms with van der Waals surface area (Å²) < 4.78 is 32.0. The average Bonchev–Trinajstić information content (AvgIpc) is 2.41. The molecule has 0 bridgehead atoms. The molecule has 0 saturated carbocycles. The number of alkyl halides is 1. The van der Waals surface area contributed by atoms with Crippen molar-refractivity contribution >= 4 is 11.6 Å². The second kappa shape index (κ2) is 6.02. The van der Waals surface area contributed by atoms with E-state index in [1.54, 1.807) is 6.07 Å². The van der Waals surface area contributed by atoms with Gasteiger partial charge in [0.05, 0.1) is 5.88 Å². The Bertz CT molecular complexity index is 584. The van der Waals surface area contributed by atoms with E-state index in [4.69, 9.17) is 16.3 Å². The summed E-state index contributed by atoms with van der Waals surface area (Å²) in [4.78, 5) is 0. The molecular weight excluding hydrogens is 270 g/mol. The molecule has 0 aliphatic heterocycles. The van der Waals surface area contributed by atoms with E-state index in [-0.39, 0.29) is 12.2 Å². The standard InChI is InChI=1S/C15H13ClF2O/c1-10-5-6-14(12(7-10)8-16)19-9-11-3-2-4-13(17)15(11)18/h2-7H,8-9H2,1H3. The number of benzene rings is 2. The Morgan fingerprint density at radius 1 is 1.11 bits per heavy atom. The molecule has 4 heteroatoms. The number of halogens is 3. The molecule has 0 fully saturated rings. The molecule has 0 amide bonds. The Kier molecular flexibility index (Phi) is 4.38. The topological polar surface area (TPSA) is 9.23 Å². The molecule has 0 aromatic heterocycles. The zero-order valence-electron chi connectivity index (χ0n) is 10.4. The van der Waals surface area contributed by atoms with Crippen molar-refractivity contribution in [1.82, 2.24) is 0 Å². The van der Waals surface area contributed by atoms with Crippen molar-refractivity contribution in [2.45, 2.75) is 19.4 Å². The van der Waals surface area contributed by atoms with Crippen LogP contribution in [-0.2, 0) is 12.5 Å². The molecule has 0 aliphatic carbocycles. The third-order valence-electron chi connectivity index (χ3n) is 2.77. The van der Waals surface area contributed by atoms with Gasteiger partial charge in [0.15, 0.2) is 11.6 Å². The maximum atomic E-state index is 13.5.